The summed E-state index contributed by atoms with van der Waals surface area (Å²) in [6.07, 6.45) is 1.66. The number of rotatable bonds is 3. The summed E-state index contributed by atoms with van der Waals surface area (Å²) in [7, 11) is 1.65. The van der Waals surface area contributed by atoms with Crippen LogP contribution in [0.1, 0.15) is 0 Å². The minimum absolute atomic E-state index is 0.640. The third-order valence-corrected chi connectivity index (χ3v) is 1.49. The molecule has 0 aromatic carbocycles. The summed E-state index contributed by atoms with van der Waals surface area (Å²) in [5.41, 5.74) is 0. The fraction of sp³-hybridized carbons (Fsp3) is 0.500. The molecule has 0 N–H and O–H groups in total. The van der Waals surface area contributed by atoms with Crippen LogP contribution in [-0.4, -0.2) is 23.5 Å². The maximum Gasteiger partial charge on any atom is 0.127 e. The lowest BCUT2D eigenvalue weighted by atomic mass is 10.7. The summed E-state index contributed by atoms with van der Waals surface area (Å²) in [4.78, 5) is 0. The van der Waals surface area contributed by atoms with Gasteiger partial charge in [-0.15, -0.1) is 0 Å². The predicted molar refractivity (Wildman–Crippen MR) is 39.1 cm³/mol. The van der Waals surface area contributed by atoms with Gasteiger partial charge in [0, 0.05) is 7.11 Å². The van der Waals surface area contributed by atoms with Gasteiger partial charge in [0.2, 0.25) is 0 Å². The molecular formula is C6H9ClN2O. The summed E-state index contributed by atoms with van der Waals surface area (Å²) < 4.78 is 6.54. The standard InChI is InChI=1S/C6H9ClN2O/c1-10-5-4-9-6(7)2-3-8-9/h2-3H,4-5H2,1H3. The fourth-order valence-corrected chi connectivity index (χ4v) is 0.843. The zero-order valence-corrected chi connectivity index (χ0v) is 6.51. The number of hydrogen-bond donors (Lipinski definition) is 0. The van der Waals surface area contributed by atoms with Crippen LogP contribution in [-0.2, 0) is 11.3 Å². The van der Waals surface area contributed by atoms with Crippen LogP contribution in [0.15, 0.2) is 12.3 Å². The minimum atomic E-state index is 0.640. The molecule has 0 aliphatic rings. The second-order valence-electron chi connectivity index (χ2n) is 1.87. The maximum absolute atomic E-state index is 5.72. The highest BCUT2D eigenvalue weighted by atomic mass is 35.5. The summed E-state index contributed by atoms with van der Waals surface area (Å²) in [6.45, 7) is 1.35. The number of hydrogen-bond acceptors (Lipinski definition) is 2. The van der Waals surface area contributed by atoms with Crippen molar-refractivity contribution in [2.45, 2.75) is 6.54 Å². The molecule has 0 unspecified atom stereocenters. The summed E-state index contributed by atoms with van der Waals surface area (Å²) >= 11 is 5.72. The Morgan fingerprint density at radius 3 is 3.10 bits per heavy atom. The molecule has 0 radical (unpaired) electrons. The van der Waals surface area contributed by atoms with E-state index in [0.717, 1.165) is 0 Å². The molecule has 4 heteroatoms. The molecule has 1 aromatic rings. The van der Waals surface area contributed by atoms with Gasteiger partial charge in [0.15, 0.2) is 0 Å². The summed E-state index contributed by atoms with van der Waals surface area (Å²) in [5.74, 6) is 0. The number of nitrogens with zero attached hydrogens (tertiary/aromatic N) is 2. The molecule has 0 fully saturated rings. The first-order chi connectivity index (χ1) is 4.84. The van der Waals surface area contributed by atoms with E-state index in [9.17, 15) is 0 Å². The van der Waals surface area contributed by atoms with Crippen LogP contribution in [0.25, 0.3) is 0 Å². The number of methoxy groups -OCH3 is 1. The normalized spacial score (nSPS) is 10.2. The van der Waals surface area contributed by atoms with Gasteiger partial charge in [0.05, 0.1) is 19.3 Å². The van der Waals surface area contributed by atoms with Gasteiger partial charge in [0.1, 0.15) is 5.15 Å². The maximum atomic E-state index is 5.72. The van der Waals surface area contributed by atoms with E-state index in [2.05, 4.69) is 5.10 Å². The Kier molecular flexibility index (Phi) is 2.71. The molecule has 0 saturated heterocycles. The molecule has 0 saturated carbocycles. The fourth-order valence-electron chi connectivity index (χ4n) is 0.659. The van der Waals surface area contributed by atoms with E-state index < -0.39 is 0 Å². The number of halogens is 1. The van der Waals surface area contributed by atoms with Crippen molar-refractivity contribution in [2.24, 2.45) is 0 Å². The van der Waals surface area contributed by atoms with Gasteiger partial charge < -0.3 is 4.74 Å². The molecule has 1 heterocycles. The Hall–Kier alpha value is -0.540. The van der Waals surface area contributed by atoms with Gasteiger partial charge in [-0.1, -0.05) is 11.6 Å². The molecule has 0 bridgehead atoms. The molecular weight excluding hydrogens is 152 g/mol. The van der Waals surface area contributed by atoms with Crippen LogP contribution >= 0.6 is 11.6 Å². The molecule has 0 aliphatic heterocycles. The first-order valence-electron chi connectivity index (χ1n) is 3.01. The average molecular weight is 161 g/mol. The van der Waals surface area contributed by atoms with Crippen LogP contribution in [0.3, 0.4) is 0 Å². The summed E-state index contributed by atoms with van der Waals surface area (Å²) in [6, 6.07) is 1.75. The van der Waals surface area contributed by atoms with E-state index in [4.69, 9.17) is 16.3 Å². The first kappa shape index (κ1) is 7.57. The largest absolute Gasteiger partial charge is 0.383 e. The molecule has 1 rings (SSSR count). The lowest BCUT2D eigenvalue weighted by molar-refractivity contribution is 0.183. The van der Waals surface area contributed by atoms with E-state index in [1.165, 1.54) is 0 Å². The van der Waals surface area contributed by atoms with Gasteiger partial charge in [-0.2, -0.15) is 5.10 Å². The highest BCUT2D eigenvalue weighted by Crippen LogP contribution is 2.04. The van der Waals surface area contributed by atoms with Crippen molar-refractivity contribution < 1.29 is 4.74 Å². The third-order valence-electron chi connectivity index (χ3n) is 1.17. The number of aromatic nitrogens is 2. The van der Waals surface area contributed by atoms with Crippen molar-refractivity contribution in [3.8, 4) is 0 Å². The second kappa shape index (κ2) is 3.58. The monoisotopic (exact) mass is 160 g/mol. The lowest BCUT2D eigenvalue weighted by Gasteiger charge is -1.99. The molecule has 0 spiro atoms. The average Bonchev–Trinajstić information content (AvgIpc) is 2.31. The molecule has 0 atom stereocenters. The van der Waals surface area contributed by atoms with Crippen molar-refractivity contribution >= 4 is 11.6 Å². The van der Waals surface area contributed by atoms with Gasteiger partial charge in [-0.05, 0) is 6.07 Å². The zero-order valence-electron chi connectivity index (χ0n) is 5.75. The van der Waals surface area contributed by atoms with Crippen molar-refractivity contribution in [1.29, 1.82) is 0 Å². The topological polar surface area (TPSA) is 27.1 Å². The Morgan fingerprint density at radius 1 is 1.80 bits per heavy atom. The molecule has 3 nitrogen and oxygen atoms in total. The van der Waals surface area contributed by atoms with Gasteiger partial charge in [-0.3, -0.25) is 4.68 Å². The second-order valence-corrected chi connectivity index (χ2v) is 2.26. The van der Waals surface area contributed by atoms with E-state index in [-0.39, 0.29) is 0 Å². The smallest absolute Gasteiger partial charge is 0.127 e. The molecule has 1 aromatic heterocycles. The van der Waals surface area contributed by atoms with E-state index >= 15 is 0 Å². The zero-order chi connectivity index (χ0) is 7.40. The van der Waals surface area contributed by atoms with Crippen LogP contribution in [0.5, 0.6) is 0 Å². The quantitative estimate of drug-likeness (QED) is 0.664. The van der Waals surface area contributed by atoms with Crippen LogP contribution < -0.4 is 0 Å². The number of ether oxygens (including phenoxy) is 1. The first-order valence-corrected chi connectivity index (χ1v) is 3.38. The van der Waals surface area contributed by atoms with E-state index in [1.54, 1.807) is 24.1 Å². The van der Waals surface area contributed by atoms with Crippen LogP contribution in [0.4, 0.5) is 0 Å². The lowest BCUT2D eigenvalue weighted by Crippen LogP contribution is -2.05. The van der Waals surface area contributed by atoms with Gasteiger partial charge >= 0.3 is 0 Å². The molecule has 56 valence electrons. The van der Waals surface area contributed by atoms with Crippen LogP contribution in [0.2, 0.25) is 5.15 Å². The highest BCUT2D eigenvalue weighted by molar-refractivity contribution is 6.29. The Balaban J connectivity index is 2.49. The van der Waals surface area contributed by atoms with E-state index in [1.807, 2.05) is 0 Å². The SMILES string of the molecule is COCCn1nccc1Cl. The van der Waals surface area contributed by atoms with E-state index in [0.29, 0.717) is 18.3 Å². The van der Waals surface area contributed by atoms with Crippen molar-refractivity contribution in [3.63, 3.8) is 0 Å². The Morgan fingerprint density at radius 2 is 2.60 bits per heavy atom. The molecule has 0 amide bonds. The highest BCUT2D eigenvalue weighted by Gasteiger charge is 1.95. The van der Waals surface area contributed by atoms with Crippen molar-refractivity contribution in [3.05, 3.63) is 17.4 Å². The van der Waals surface area contributed by atoms with Crippen LogP contribution in [0, 0.1) is 0 Å². The third kappa shape index (κ3) is 1.72. The van der Waals surface area contributed by atoms with Crippen molar-refractivity contribution in [2.75, 3.05) is 13.7 Å². The Labute approximate surface area is 64.6 Å². The predicted octanol–water partition coefficient (Wildman–Crippen LogP) is 1.18. The molecule has 10 heavy (non-hydrogen) atoms. The minimum Gasteiger partial charge on any atom is -0.383 e. The summed E-state index contributed by atoms with van der Waals surface area (Å²) in [5, 5.41) is 4.61. The Bertz CT molecular complexity index is 199. The van der Waals surface area contributed by atoms with Crippen molar-refractivity contribution in [1.82, 2.24) is 9.78 Å². The van der Waals surface area contributed by atoms with Gasteiger partial charge in [0.25, 0.3) is 0 Å². The van der Waals surface area contributed by atoms with Gasteiger partial charge in [-0.25, -0.2) is 0 Å². The molecule has 0 aliphatic carbocycles.